The van der Waals surface area contributed by atoms with Crippen LogP contribution in [0.1, 0.15) is 24.2 Å². The lowest BCUT2D eigenvalue weighted by atomic mass is 10.0. The molecule has 2 rings (SSSR count). The predicted molar refractivity (Wildman–Crippen MR) is 88.5 cm³/mol. The van der Waals surface area contributed by atoms with Gasteiger partial charge >= 0.3 is 0 Å². The maximum absolute atomic E-state index is 12.4. The molecule has 0 spiro atoms. The monoisotopic (exact) mass is 319 g/mol. The standard InChI is InChI=1S/C17H25N3O3/c1-11(2)23-13-7-5-12(6-8-13)16(21)19-15-10-20(4)9-14(15)17(22)18-3/h5-8,11,14-15H,9-10H2,1-4H3,(H,18,22)(H,19,21)/t14-,15+/m1/s1. The van der Waals surface area contributed by atoms with Gasteiger partial charge in [-0.2, -0.15) is 0 Å². The van der Waals surface area contributed by atoms with Gasteiger partial charge in [-0.3, -0.25) is 9.59 Å². The zero-order valence-corrected chi connectivity index (χ0v) is 14.1. The molecule has 2 N–H and O–H groups in total. The molecule has 6 nitrogen and oxygen atoms in total. The molecule has 126 valence electrons. The van der Waals surface area contributed by atoms with Gasteiger partial charge in [-0.25, -0.2) is 0 Å². The fourth-order valence-corrected chi connectivity index (χ4v) is 2.81. The highest BCUT2D eigenvalue weighted by Crippen LogP contribution is 2.18. The summed E-state index contributed by atoms with van der Waals surface area (Å²) >= 11 is 0. The van der Waals surface area contributed by atoms with Crippen molar-refractivity contribution in [3.8, 4) is 5.75 Å². The largest absolute Gasteiger partial charge is 0.491 e. The maximum Gasteiger partial charge on any atom is 0.251 e. The molecule has 0 saturated carbocycles. The average molecular weight is 319 g/mol. The fourth-order valence-electron chi connectivity index (χ4n) is 2.81. The number of benzene rings is 1. The van der Waals surface area contributed by atoms with Gasteiger partial charge in [0.25, 0.3) is 5.91 Å². The second-order valence-electron chi connectivity index (χ2n) is 6.21. The highest BCUT2D eigenvalue weighted by molar-refractivity contribution is 5.95. The Bertz CT molecular complexity index is 557. The number of nitrogens with zero attached hydrogens (tertiary/aromatic N) is 1. The number of likely N-dealkylation sites (tertiary alicyclic amines) is 1. The summed E-state index contributed by atoms with van der Waals surface area (Å²) in [7, 11) is 3.56. The summed E-state index contributed by atoms with van der Waals surface area (Å²) in [5.41, 5.74) is 0.561. The van der Waals surface area contributed by atoms with Gasteiger partial charge in [0.2, 0.25) is 5.91 Å². The highest BCUT2D eigenvalue weighted by atomic mass is 16.5. The van der Waals surface area contributed by atoms with Gasteiger partial charge < -0.3 is 20.3 Å². The predicted octanol–water partition coefficient (Wildman–Crippen LogP) is 0.880. The number of amides is 2. The lowest BCUT2D eigenvalue weighted by Crippen LogP contribution is -2.45. The van der Waals surface area contributed by atoms with Crippen LogP contribution in [0.4, 0.5) is 0 Å². The fraction of sp³-hybridized carbons (Fsp3) is 0.529. The molecule has 2 atom stereocenters. The van der Waals surface area contributed by atoms with Gasteiger partial charge in [-0.15, -0.1) is 0 Å². The van der Waals surface area contributed by atoms with Gasteiger partial charge in [0.1, 0.15) is 5.75 Å². The van der Waals surface area contributed by atoms with Gasteiger partial charge in [0, 0.05) is 25.7 Å². The summed E-state index contributed by atoms with van der Waals surface area (Å²) in [5, 5.41) is 5.63. The van der Waals surface area contributed by atoms with E-state index in [0.29, 0.717) is 18.7 Å². The first kappa shape index (κ1) is 17.3. The molecule has 1 fully saturated rings. The molecule has 0 bridgehead atoms. The molecule has 1 aliphatic heterocycles. The quantitative estimate of drug-likeness (QED) is 0.845. The Balaban J connectivity index is 2.01. The molecule has 6 heteroatoms. The van der Waals surface area contributed by atoms with Crippen molar-refractivity contribution in [1.82, 2.24) is 15.5 Å². The smallest absolute Gasteiger partial charge is 0.251 e. The third-order valence-electron chi connectivity index (χ3n) is 3.89. The molecule has 1 aliphatic rings. The van der Waals surface area contributed by atoms with E-state index >= 15 is 0 Å². The van der Waals surface area contributed by atoms with E-state index in [1.807, 2.05) is 25.8 Å². The Morgan fingerprint density at radius 1 is 1.22 bits per heavy atom. The number of rotatable bonds is 5. The van der Waals surface area contributed by atoms with Crippen molar-refractivity contribution in [1.29, 1.82) is 0 Å². The number of carbonyl (C=O) groups excluding carboxylic acids is 2. The van der Waals surface area contributed by atoms with E-state index in [4.69, 9.17) is 4.74 Å². The van der Waals surface area contributed by atoms with Gasteiger partial charge in [0.15, 0.2) is 0 Å². The Labute approximate surface area is 137 Å². The molecule has 0 aromatic heterocycles. The number of likely N-dealkylation sites (N-methyl/N-ethyl adjacent to an activating group) is 1. The first-order valence-corrected chi connectivity index (χ1v) is 7.88. The maximum atomic E-state index is 12.4. The SMILES string of the molecule is CNC(=O)[C@@H]1CN(C)C[C@@H]1NC(=O)c1ccc(OC(C)C)cc1. The van der Waals surface area contributed by atoms with Crippen molar-refractivity contribution in [3.63, 3.8) is 0 Å². The van der Waals surface area contributed by atoms with Crippen molar-refractivity contribution in [2.45, 2.75) is 26.0 Å². The summed E-state index contributed by atoms with van der Waals surface area (Å²) in [6.07, 6.45) is 0.0945. The number of ether oxygens (including phenoxy) is 1. The van der Waals surface area contributed by atoms with Crippen molar-refractivity contribution in [3.05, 3.63) is 29.8 Å². The molecule has 1 aromatic carbocycles. The lowest BCUT2D eigenvalue weighted by Gasteiger charge is -2.18. The summed E-state index contributed by atoms with van der Waals surface area (Å²) in [5.74, 6) is 0.300. The van der Waals surface area contributed by atoms with Crippen LogP contribution in [-0.4, -0.2) is 56.0 Å². The highest BCUT2D eigenvalue weighted by Gasteiger charge is 2.36. The van der Waals surface area contributed by atoms with E-state index < -0.39 is 0 Å². The Kier molecular flexibility index (Phi) is 5.60. The second-order valence-corrected chi connectivity index (χ2v) is 6.21. The first-order chi connectivity index (χ1) is 10.9. The third-order valence-corrected chi connectivity index (χ3v) is 3.89. The van der Waals surface area contributed by atoms with E-state index in [0.717, 1.165) is 5.75 Å². The van der Waals surface area contributed by atoms with Crippen molar-refractivity contribution in [2.75, 3.05) is 27.2 Å². The molecule has 23 heavy (non-hydrogen) atoms. The normalized spacial score (nSPS) is 21.3. The zero-order valence-electron chi connectivity index (χ0n) is 14.1. The summed E-state index contributed by atoms with van der Waals surface area (Å²) in [6, 6.07) is 6.86. The minimum atomic E-state index is -0.225. The van der Waals surface area contributed by atoms with Gasteiger partial charge in [-0.1, -0.05) is 0 Å². The molecule has 0 radical (unpaired) electrons. The molecule has 2 amide bonds. The average Bonchev–Trinajstić information content (AvgIpc) is 2.87. The Morgan fingerprint density at radius 2 is 1.87 bits per heavy atom. The summed E-state index contributed by atoms with van der Waals surface area (Å²) < 4.78 is 5.57. The zero-order chi connectivity index (χ0) is 17.0. The third kappa shape index (κ3) is 4.45. The molecule has 0 aliphatic carbocycles. The van der Waals surface area contributed by atoms with Crippen LogP contribution in [0.3, 0.4) is 0 Å². The van der Waals surface area contributed by atoms with Gasteiger partial charge in [-0.05, 0) is 45.2 Å². The van der Waals surface area contributed by atoms with Crippen LogP contribution in [0.2, 0.25) is 0 Å². The Hall–Kier alpha value is -2.08. The number of carbonyl (C=O) groups is 2. The Morgan fingerprint density at radius 3 is 2.43 bits per heavy atom. The van der Waals surface area contributed by atoms with Crippen LogP contribution in [0, 0.1) is 5.92 Å². The van der Waals surface area contributed by atoms with E-state index in [9.17, 15) is 9.59 Å². The van der Waals surface area contributed by atoms with Crippen LogP contribution >= 0.6 is 0 Å². The van der Waals surface area contributed by atoms with Crippen molar-refractivity contribution in [2.24, 2.45) is 5.92 Å². The van der Waals surface area contributed by atoms with E-state index in [1.54, 1.807) is 31.3 Å². The minimum absolute atomic E-state index is 0.0414. The van der Waals surface area contributed by atoms with E-state index in [1.165, 1.54) is 0 Å². The molecule has 1 aromatic rings. The van der Waals surface area contributed by atoms with Gasteiger partial charge in [0.05, 0.1) is 18.1 Å². The molecular weight excluding hydrogens is 294 g/mol. The topological polar surface area (TPSA) is 70.7 Å². The van der Waals surface area contributed by atoms with Crippen molar-refractivity contribution < 1.29 is 14.3 Å². The van der Waals surface area contributed by atoms with Crippen LogP contribution in [-0.2, 0) is 4.79 Å². The van der Waals surface area contributed by atoms with Crippen LogP contribution < -0.4 is 15.4 Å². The van der Waals surface area contributed by atoms with Crippen molar-refractivity contribution >= 4 is 11.8 Å². The summed E-state index contributed by atoms with van der Waals surface area (Å²) in [4.78, 5) is 26.4. The molecule has 0 unspecified atom stereocenters. The number of hydrogen-bond acceptors (Lipinski definition) is 4. The minimum Gasteiger partial charge on any atom is -0.491 e. The molecule has 1 heterocycles. The van der Waals surface area contributed by atoms with E-state index in [2.05, 4.69) is 10.6 Å². The molecular formula is C17H25N3O3. The van der Waals surface area contributed by atoms with Crippen LogP contribution in [0.15, 0.2) is 24.3 Å². The molecule has 1 saturated heterocycles. The number of hydrogen-bond donors (Lipinski definition) is 2. The van der Waals surface area contributed by atoms with E-state index in [-0.39, 0.29) is 29.9 Å². The first-order valence-electron chi connectivity index (χ1n) is 7.88. The van der Waals surface area contributed by atoms with Crippen LogP contribution in [0.5, 0.6) is 5.75 Å². The summed E-state index contributed by atoms with van der Waals surface area (Å²) in [6.45, 7) is 5.22. The van der Waals surface area contributed by atoms with Crippen LogP contribution in [0.25, 0.3) is 0 Å². The number of nitrogens with one attached hydrogen (secondary N) is 2. The lowest BCUT2D eigenvalue weighted by molar-refractivity contribution is -0.124. The second kappa shape index (κ2) is 7.46.